The predicted molar refractivity (Wildman–Crippen MR) is 85.9 cm³/mol. The molecule has 0 aliphatic carbocycles. The molecule has 0 saturated carbocycles. The van der Waals surface area contributed by atoms with Crippen molar-refractivity contribution in [2.45, 2.75) is 45.1 Å². The molecule has 0 radical (unpaired) electrons. The quantitative estimate of drug-likeness (QED) is 0.922. The first-order chi connectivity index (χ1) is 10.6. The molecular weight excluding hydrogens is 300 g/mol. The second kappa shape index (κ2) is 6.89. The van der Waals surface area contributed by atoms with Crippen LogP contribution in [0.2, 0.25) is 0 Å². The molecule has 0 spiro atoms. The summed E-state index contributed by atoms with van der Waals surface area (Å²) in [5.74, 6) is 4.50. The van der Waals surface area contributed by atoms with Gasteiger partial charge in [0.15, 0.2) is 5.82 Å². The molecule has 2 aliphatic rings. The number of urea groups is 1. The summed E-state index contributed by atoms with van der Waals surface area (Å²) in [5.41, 5.74) is 0. The molecule has 3 rings (SSSR count). The molecule has 0 aromatic carbocycles. The van der Waals surface area contributed by atoms with Crippen molar-refractivity contribution in [1.82, 2.24) is 20.4 Å². The number of nitrogens with one attached hydrogen (secondary N) is 1. The van der Waals surface area contributed by atoms with E-state index in [0.29, 0.717) is 17.6 Å². The van der Waals surface area contributed by atoms with Crippen molar-refractivity contribution in [3.05, 3.63) is 11.7 Å². The molecule has 1 aromatic heterocycles. The van der Waals surface area contributed by atoms with E-state index in [1.54, 1.807) is 0 Å². The zero-order valence-corrected chi connectivity index (χ0v) is 14.1. The van der Waals surface area contributed by atoms with Crippen molar-refractivity contribution in [1.29, 1.82) is 0 Å². The van der Waals surface area contributed by atoms with Gasteiger partial charge >= 0.3 is 6.03 Å². The molecule has 7 heteroatoms. The third kappa shape index (κ3) is 3.39. The van der Waals surface area contributed by atoms with Gasteiger partial charge in [0.05, 0.1) is 6.04 Å². The highest BCUT2D eigenvalue weighted by atomic mass is 32.2. The van der Waals surface area contributed by atoms with Crippen LogP contribution in [0, 0.1) is 5.92 Å². The third-order valence-electron chi connectivity index (χ3n) is 4.33. The highest BCUT2D eigenvalue weighted by molar-refractivity contribution is 7.99. The summed E-state index contributed by atoms with van der Waals surface area (Å²) >= 11 is 1.97. The molecule has 0 bridgehead atoms. The van der Waals surface area contributed by atoms with E-state index in [0.717, 1.165) is 31.7 Å². The van der Waals surface area contributed by atoms with Gasteiger partial charge in [-0.05, 0) is 36.7 Å². The van der Waals surface area contributed by atoms with Gasteiger partial charge in [0.1, 0.15) is 0 Å². The number of carbonyl (C=O) groups excluding carboxylic acids is 1. The molecule has 122 valence electrons. The molecule has 1 N–H and O–H groups in total. The summed E-state index contributed by atoms with van der Waals surface area (Å²) in [5, 5.41) is 7.16. The van der Waals surface area contributed by atoms with Gasteiger partial charge in [-0.3, -0.25) is 0 Å². The van der Waals surface area contributed by atoms with Gasteiger partial charge < -0.3 is 14.7 Å². The van der Waals surface area contributed by atoms with Crippen molar-refractivity contribution in [3.63, 3.8) is 0 Å². The first kappa shape index (κ1) is 15.6. The minimum atomic E-state index is -0.0470. The van der Waals surface area contributed by atoms with Crippen LogP contribution in [0.1, 0.15) is 56.8 Å². The fourth-order valence-corrected chi connectivity index (χ4v) is 4.26. The van der Waals surface area contributed by atoms with Crippen molar-refractivity contribution in [2.75, 3.05) is 24.6 Å². The first-order valence-electron chi connectivity index (χ1n) is 8.11. The monoisotopic (exact) mass is 324 g/mol. The molecule has 2 atom stereocenters. The maximum atomic E-state index is 12.4. The minimum absolute atomic E-state index is 0.00953. The van der Waals surface area contributed by atoms with Crippen LogP contribution < -0.4 is 5.32 Å². The Morgan fingerprint density at radius 3 is 3.05 bits per heavy atom. The van der Waals surface area contributed by atoms with Gasteiger partial charge in [0, 0.05) is 19.0 Å². The molecule has 2 saturated heterocycles. The van der Waals surface area contributed by atoms with E-state index in [1.807, 2.05) is 30.5 Å². The fraction of sp³-hybridized carbons (Fsp3) is 0.800. The smallest absolute Gasteiger partial charge is 0.318 e. The predicted octanol–water partition coefficient (Wildman–Crippen LogP) is 2.79. The lowest BCUT2D eigenvalue weighted by molar-refractivity contribution is 0.188. The van der Waals surface area contributed by atoms with E-state index in [4.69, 9.17) is 4.52 Å². The molecule has 2 amide bonds. The molecule has 3 heterocycles. The summed E-state index contributed by atoms with van der Waals surface area (Å²) in [7, 11) is 0. The second-order valence-electron chi connectivity index (χ2n) is 6.41. The molecule has 22 heavy (non-hydrogen) atoms. The van der Waals surface area contributed by atoms with Crippen molar-refractivity contribution >= 4 is 17.8 Å². The summed E-state index contributed by atoms with van der Waals surface area (Å²) in [6.07, 6.45) is 3.10. The normalized spacial score (nSPS) is 25.1. The van der Waals surface area contributed by atoms with E-state index in [1.165, 1.54) is 12.2 Å². The molecular formula is C15H24N4O2S. The largest absolute Gasteiger partial charge is 0.339 e. The highest BCUT2D eigenvalue weighted by Crippen LogP contribution is 2.31. The van der Waals surface area contributed by atoms with Gasteiger partial charge in [-0.25, -0.2) is 4.79 Å². The molecule has 0 unspecified atom stereocenters. The van der Waals surface area contributed by atoms with Gasteiger partial charge in [-0.1, -0.05) is 19.0 Å². The van der Waals surface area contributed by atoms with Crippen LogP contribution in [-0.4, -0.2) is 45.7 Å². The summed E-state index contributed by atoms with van der Waals surface area (Å²) in [6, 6.07) is -0.0375. The summed E-state index contributed by atoms with van der Waals surface area (Å²) < 4.78 is 5.29. The second-order valence-corrected chi connectivity index (χ2v) is 7.56. The molecule has 1 aromatic rings. The number of nitrogens with zero attached hydrogens (tertiary/aromatic N) is 3. The Kier molecular flexibility index (Phi) is 4.90. The van der Waals surface area contributed by atoms with Crippen LogP contribution in [0.3, 0.4) is 0 Å². The standard InChI is InChI=1S/C15H24N4O2S/c1-10(2)14-17-13(18-21-14)12-4-3-6-19(12)15(20)16-8-11-5-7-22-9-11/h10-12H,3-9H2,1-2H3,(H,16,20)/t11-,12+/m0/s1. The maximum absolute atomic E-state index is 12.4. The minimum Gasteiger partial charge on any atom is -0.339 e. The zero-order valence-electron chi connectivity index (χ0n) is 13.2. The lowest BCUT2D eigenvalue weighted by Gasteiger charge is -2.23. The number of thioether (sulfide) groups is 1. The number of hydrogen-bond acceptors (Lipinski definition) is 5. The molecule has 2 fully saturated rings. The molecule has 2 aliphatic heterocycles. The van der Waals surface area contributed by atoms with Crippen LogP contribution in [0.15, 0.2) is 4.52 Å². The summed E-state index contributed by atoms with van der Waals surface area (Å²) in [4.78, 5) is 18.8. The third-order valence-corrected chi connectivity index (χ3v) is 5.56. The Morgan fingerprint density at radius 2 is 2.36 bits per heavy atom. The SMILES string of the molecule is CC(C)c1nc([C@H]2CCCN2C(=O)NC[C@@H]2CCSC2)no1. The van der Waals surface area contributed by atoms with Gasteiger partial charge in [-0.2, -0.15) is 16.7 Å². The Labute approximate surface area is 135 Å². The fourth-order valence-electron chi connectivity index (χ4n) is 2.97. The van der Waals surface area contributed by atoms with Crippen LogP contribution in [0.4, 0.5) is 4.79 Å². The van der Waals surface area contributed by atoms with Crippen LogP contribution in [-0.2, 0) is 0 Å². The van der Waals surface area contributed by atoms with Crippen molar-refractivity contribution in [3.8, 4) is 0 Å². The number of likely N-dealkylation sites (tertiary alicyclic amines) is 1. The number of rotatable bonds is 4. The average molecular weight is 324 g/mol. The van der Waals surface area contributed by atoms with E-state index in [-0.39, 0.29) is 18.0 Å². The number of hydrogen-bond donors (Lipinski definition) is 1. The van der Waals surface area contributed by atoms with Gasteiger partial charge in [0.25, 0.3) is 0 Å². The lowest BCUT2D eigenvalue weighted by Crippen LogP contribution is -2.41. The van der Waals surface area contributed by atoms with Crippen molar-refractivity contribution < 1.29 is 9.32 Å². The molecule has 6 nitrogen and oxygen atoms in total. The highest BCUT2D eigenvalue weighted by Gasteiger charge is 2.34. The Hall–Kier alpha value is -1.24. The van der Waals surface area contributed by atoms with E-state index >= 15 is 0 Å². The van der Waals surface area contributed by atoms with Crippen LogP contribution in [0.25, 0.3) is 0 Å². The average Bonchev–Trinajstić information content (AvgIpc) is 3.23. The van der Waals surface area contributed by atoms with Crippen LogP contribution >= 0.6 is 11.8 Å². The first-order valence-corrected chi connectivity index (χ1v) is 9.26. The number of aromatic nitrogens is 2. The topological polar surface area (TPSA) is 71.3 Å². The number of amides is 2. The Bertz CT molecular complexity index is 513. The van der Waals surface area contributed by atoms with E-state index in [9.17, 15) is 4.79 Å². The Balaban J connectivity index is 1.60. The van der Waals surface area contributed by atoms with Gasteiger partial charge in [0.2, 0.25) is 5.89 Å². The van der Waals surface area contributed by atoms with Crippen molar-refractivity contribution in [2.24, 2.45) is 5.92 Å². The lowest BCUT2D eigenvalue weighted by atomic mass is 10.1. The zero-order chi connectivity index (χ0) is 15.5. The van der Waals surface area contributed by atoms with Gasteiger partial charge in [-0.15, -0.1) is 0 Å². The Morgan fingerprint density at radius 1 is 1.50 bits per heavy atom. The maximum Gasteiger partial charge on any atom is 0.318 e. The number of carbonyl (C=O) groups is 1. The van der Waals surface area contributed by atoms with E-state index < -0.39 is 0 Å². The van der Waals surface area contributed by atoms with E-state index in [2.05, 4.69) is 15.5 Å². The summed E-state index contributed by atoms with van der Waals surface area (Å²) in [6.45, 7) is 5.59. The van der Waals surface area contributed by atoms with Crippen LogP contribution in [0.5, 0.6) is 0 Å².